The van der Waals surface area contributed by atoms with Crippen LogP contribution >= 0.6 is 12.2 Å². The number of thiocarbonyl (C=S) groups is 1. The largest absolute Gasteiger partial charge is 0.496 e. The molecule has 1 aliphatic heterocycles. The average Bonchev–Trinajstić information content (AvgIpc) is 3.29. The lowest BCUT2D eigenvalue weighted by Crippen LogP contribution is -2.30. The first kappa shape index (κ1) is 23.3. The maximum absolute atomic E-state index is 13.1. The molecule has 176 valence electrons. The number of carbonyl (C=O) groups is 1. The summed E-state index contributed by atoms with van der Waals surface area (Å²) in [6.45, 7) is 4.58. The van der Waals surface area contributed by atoms with Gasteiger partial charge in [0.2, 0.25) is 0 Å². The second kappa shape index (κ2) is 9.96. The van der Waals surface area contributed by atoms with Gasteiger partial charge < -0.3 is 19.5 Å². The number of nitrogens with zero attached hydrogens (tertiary/aromatic N) is 3. The van der Waals surface area contributed by atoms with Gasteiger partial charge in [-0.1, -0.05) is 18.2 Å². The summed E-state index contributed by atoms with van der Waals surface area (Å²) in [4.78, 5) is 14.6. The van der Waals surface area contributed by atoms with E-state index in [-0.39, 0.29) is 12.5 Å². The lowest BCUT2D eigenvalue weighted by molar-refractivity contribution is -0.113. The highest BCUT2D eigenvalue weighted by Crippen LogP contribution is 2.30. The Kier molecular flexibility index (Phi) is 6.83. The van der Waals surface area contributed by atoms with Gasteiger partial charge in [-0.25, -0.2) is 4.90 Å². The minimum Gasteiger partial charge on any atom is -0.496 e. The number of rotatable bonds is 8. The number of benzene rings is 2. The van der Waals surface area contributed by atoms with Crippen LogP contribution < -0.4 is 24.4 Å². The maximum Gasteiger partial charge on any atom is 0.281 e. The summed E-state index contributed by atoms with van der Waals surface area (Å²) in [6, 6.07) is 13.2. The zero-order valence-electron chi connectivity index (χ0n) is 19.5. The van der Waals surface area contributed by atoms with E-state index in [1.165, 1.54) is 4.90 Å². The summed E-state index contributed by atoms with van der Waals surface area (Å²) < 4.78 is 18.8. The molecule has 2 heterocycles. The van der Waals surface area contributed by atoms with Gasteiger partial charge in [0.15, 0.2) is 16.6 Å². The number of amides is 1. The number of ether oxygens (including phenoxy) is 3. The smallest absolute Gasteiger partial charge is 0.281 e. The summed E-state index contributed by atoms with van der Waals surface area (Å²) in [5.74, 6) is 1.78. The van der Waals surface area contributed by atoms with Gasteiger partial charge in [-0.15, -0.1) is 0 Å². The van der Waals surface area contributed by atoms with Crippen LogP contribution in [0.1, 0.15) is 23.7 Å². The summed E-state index contributed by atoms with van der Waals surface area (Å²) in [7, 11) is 3.41. The van der Waals surface area contributed by atoms with E-state index >= 15 is 0 Å². The average molecular weight is 479 g/mol. The molecule has 9 heteroatoms. The van der Waals surface area contributed by atoms with Crippen LogP contribution in [0.3, 0.4) is 0 Å². The number of hydrogen-bond donors (Lipinski definition) is 1. The molecule has 2 aromatic carbocycles. The Hall–Kier alpha value is -3.85. The van der Waals surface area contributed by atoms with Crippen molar-refractivity contribution in [3.63, 3.8) is 0 Å². The lowest BCUT2D eigenvalue weighted by Gasteiger charge is -2.14. The molecule has 0 radical (unpaired) electrons. The van der Waals surface area contributed by atoms with Gasteiger partial charge in [0.1, 0.15) is 18.1 Å². The third-order valence-corrected chi connectivity index (χ3v) is 5.54. The van der Waals surface area contributed by atoms with Crippen molar-refractivity contribution < 1.29 is 19.0 Å². The van der Waals surface area contributed by atoms with Gasteiger partial charge >= 0.3 is 0 Å². The summed E-state index contributed by atoms with van der Waals surface area (Å²) in [5, 5.41) is 7.64. The zero-order valence-corrected chi connectivity index (χ0v) is 20.3. The number of hydrogen-bond acceptors (Lipinski definition) is 6. The van der Waals surface area contributed by atoms with Crippen molar-refractivity contribution in [2.75, 3.05) is 18.6 Å². The fraction of sp³-hybridized carbons (Fsp3) is 0.240. The Morgan fingerprint density at radius 1 is 1.12 bits per heavy atom. The molecule has 34 heavy (non-hydrogen) atoms. The minimum absolute atomic E-state index is 0.236. The van der Waals surface area contributed by atoms with Crippen molar-refractivity contribution in [3.8, 4) is 17.2 Å². The molecule has 1 saturated heterocycles. The highest BCUT2D eigenvalue weighted by Gasteiger charge is 2.33. The Morgan fingerprint density at radius 2 is 1.85 bits per heavy atom. The van der Waals surface area contributed by atoms with Crippen molar-refractivity contribution in [2.24, 2.45) is 7.05 Å². The van der Waals surface area contributed by atoms with Gasteiger partial charge in [0.05, 0.1) is 25.1 Å². The molecule has 4 rings (SSSR count). The Morgan fingerprint density at radius 3 is 2.50 bits per heavy atom. The van der Waals surface area contributed by atoms with Gasteiger partial charge in [-0.3, -0.25) is 9.48 Å². The van der Waals surface area contributed by atoms with Crippen LogP contribution in [0.5, 0.6) is 17.2 Å². The van der Waals surface area contributed by atoms with E-state index in [2.05, 4.69) is 10.4 Å². The number of aromatic nitrogens is 2. The fourth-order valence-electron chi connectivity index (χ4n) is 3.73. The van der Waals surface area contributed by atoms with Crippen molar-refractivity contribution in [2.45, 2.75) is 20.5 Å². The van der Waals surface area contributed by atoms with Crippen LogP contribution in [-0.4, -0.2) is 34.5 Å². The van der Waals surface area contributed by atoms with Gasteiger partial charge in [-0.2, -0.15) is 5.10 Å². The molecule has 0 saturated carbocycles. The highest BCUT2D eigenvalue weighted by atomic mass is 32.1. The molecule has 0 atom stereocenters. The molecule has 8 nitrogen and oxygen atoms in total. The first-order valence-corrected chi connectivity index (χ1v) is 11.2. The zero-order chi connectivity index (χ0) is 24.2. The monoisotopic (exact) mass is 478 g/mol. The molecule has 1 aromatic heterocycles. The fourth-order valence-corrected chi connectivity index (χ4v) is 4.02. The van der Waals surface area contributed by atoms with Crippen LogP contribution in [0.25, 0.3) is 6.08 Å². The summed E-state index contributed by atoms with van der Waals surface area (Å²) in [6.07, 6.45) is 3.53. The van der Waals surface area contributed by atoms with E-state index in [0.717, 1.165) is 16.8 Å². The maximum atomic E-state index is 13.1. The minimum atomic E-state index is -0.236. The van der Waals surface area contributed by atoms with Crippen LogP contribution in [0.4, 0.5) is 5.69 Å². The third kappa shape index (κ3) is 4.74. The molecule has 1 aliphatic rings. The van der Waals surface area contributed by atoms with Crippen molar-refractivity contribution in [1.82, 2.24) is 15.1 Å². The van der Waals surface area contributed by atoms with Gasteiger partial charge in [-0.05, 0) is 62.0 Å². The molecule has 0 aliphatic carbocycles. The van der Waals surface area contributed by atoms with Crippen LogP contribution in [-0.2, 0) is 18.4 Å². The molecule has 1 amide bonds. The van der Waals surface area contributed by atoms with Gasteiger partial charge in [0, 0.05) is 18.8 Å². The lowest BCUT2D eigenvalue weighted by atomic mass is 10.1. The van der Waals surface area contributed by atoms with Crippen LogP contribution in [0.2, 0.25) is 0 Å². The van der Waals surface area contributed by atoms with Crippen molar-refractivity contribution in [1.29, 1.82) is 0 Å². The van der Waals surface area contributed by atoms with E-state index in [0.29, 0.717) is 40.4 Å². The quantitative estimate of drug-likeness (QED) is 0.388. The third-order valence-electron chi connectivity index (χ3n) is 5.25. The number of nitrogens with one attached hydrogen (secondary N) is 1. The van der Waals surface area contributed by atoms with Crippen LogP contribution in [0.15, 0.2) is 54.4 Å². The Balaban J connectivity index is 1.58. The number of aryl methyl sites for hydroxylation is 2. The predicted octanol–water partition coefficient (Wildman–Crippen LogP) is 3.98. The van der Waals surface area contributed by atoms with E-state index < -0.39 is 0 Å². The summed E-state index contributed by atoms with van der Waals surface area (Å²) >= 11 is 5.42. The molecule has 0 spiro atoms. The second-order valence-corrected chi connectivity index (χ2v) is 8.03. The molecular weight excluding hydrogens is 452 g/mol. The highest BCUT2D eigenvalue weighted by molar-refractivity contribution is 7.80. The molecule has 3 aromatic rings. The molecule has 1 fully saturated rings. The standard InChI is InChI=1S/C25H26N4O4S/c1-5-32-22-8-6-7-9-23(22)33-15-18-12-17(10-11-21(18)31-4)13-19-24(30)29(25(34)26-19)20-14-28(3)27-16(20)2/h6-14H,5,15H2,1-4H3,(H,26,34)/b19-13+. The van der Waals surface area contributed by atoms with E-state index in [4.69, 9.17) is 26.4 Å². The number of carbonyl (C=O) groups excluding carboxylic acids is 1. The molecule has 0 unspecified atom stereocenters. The van der Waals surface area contributed by atoms with E-state index in [1.807, 2.05) is 56.3 Å². The number of para-hydroxylation sites is 2. The molecular formula is C25H26N4O4S. The second-order valence-electron chi connectivity index (χ2n) is 7.64. The van der Waals surface area contributed by atoms with Crippen molar-refractivity contribution in [3.05, 3.63) is 71.2 Å². The van der Waals surface area contributed by atoms with E-state index in [9.17, 15) is 4.79 Å². The SMILES string of the molecule is CCOc1ccccc1OCc1cc(/C=C2/NC(=S)N(c3cn(C)nc3C)C2=O)ccc1OC. The van der Waals surface area contributed by atoms with E-state index in [1.54, 1.807) is 31.1 Å². The Bertz CT molecular complexity index is 1270. The van der Waals surface area contributed by atoms with Crippen LogP contribution in [0, 0.1) is 6.92 Å². The Labute approximate surface area is 203 Å². The summed E-state index contributed by atoms with van der Waals surface area (Å²) in [5.41, 5.74) is 3.40. The molecule has 0 bridgehead atoms. The first-order valence-electron chi connectivity index (χ1n) is 10.8. The number of methoxy groups -OCH3 is 1. The topological polar surface area (TPSA) is 77.9 Å². The van der Waals surface area contributed by atoms with Gasteiger partial charge in [0.25, 0.3) is 5.91 Å². The normalized spacial score (nSPS) is 14.5. The molecule has 1 N–H and O–H groups in total. The van der Waals surface area contributed by atoms with Crippen molar-refractivity contribution >= 4 is 35.0 Å². The predicted molar refractivity (Wildman–Crippen MR) is 134 cm³/mol. The number of anilines is 1. The first-order chi connectivity index (χ1) is 16.4.